The zero-order valence-electron chi connectivity index (χ0n) is 16.3. The van der Waals surface area contributed by atoms with Gasteiger partial charge in [-0.25, -0.2) is 13.1 Å². The van der Waals surface area contributed by atoms with Gasteiger partial charge in [-0.05, 0) is 74.2 Å². The second-order valence-corrected chi connectivity index (χ2v) is 8.88. The first-order chi connectivity index (χ1) is 12.9. The lowest BCUT2D eigenvalue weighted by Crippen LogP contribution is -2.24. The molecule has 0 spiro atoms. The smallest absolute Gasteiger partial charge is 0.241 e. The van der Waals surface area contributed by atoms with E-state index in [0.717, 1.165) is 30.8 Å². The molecule has 1 fully saturated rings. The van der Waals surface area contributed by atoms with Crippen molar-refractivity contribution in [3.8, 4) is 5.75 Å². The first kappa shape index (κ1) is 19.9. The lowest BCUT2D eigenvalue weighted by Gasteiger charge is -2.16. The van der Waals surface area contributed by atoms with Gasteiger partial charge < -0.3 is 4.74 Å². The Morgan fingerprint density at radius 3 is 2.44 bits per heavy atom. The lowest BCUT2D eigenvalue weighted by atomic mass is 10.1. The number of sulfonamides is 1. The van der Waals surface area contributed by atoms with E-state index in [1.807, 2.05) is 26.0 Å². The molecule has 146 valence electrons. The van der Waals surface area contributed by atoms with Crippen LogP contribution in [0.4, 0.5) is 0 Å². The fourth-order valence-electron chi connectivity index (χ4n) is 3.58. The third kappa shape index (κ3) is 4.69. The topological polar surface area (TPSA) is 58.6 Å². The van der Waals surface area contributed by atoms with Gasteiger partial charge in [-0.2, -0.15) is 0 Å². The van der Waals surface area contributed by atoms with Crippen LogP contribution in [-0.2, 0) is 23.1 Å². The maximum atomic E-state index is 12.8. The molecule has 1 heterocycles. The number of hydrogen-bond acceptors (Lipinski definition) is 4. The van der Waals surface area contributed by atoms with Gasteiger partial charge in [0.2, 0.25) is 10.0 Å². The third-order valence-electron chi connectivity index (χ3n) is 5.26. The highest BCUT2D eigenvalue weighted by molar-refractivity contribution is 7.89. The van der Waals surface area contributed by atoms with Crippen molar-refractivity contribution in [2.24, 2.45) is 0 Å². The van der Waals surface area contributed by atoms with Crippen molar-refractivity contribution in [2.45, 2.75) is 44.7 Å². The highest BCUT2D eigenvalue weighted by atomic mass is 32.2. The molecule has 2 aromatic rings. The minimum atomic E-state index is -3.59. The molecule has 0 aromatic heterocycles. The summed E-state index contributed by atoms with van der Waals surface area (Å²) in [5.41, 5.74) is 3.75. The average Bonchev–Trinajstić information content (AvgIpc) is 3.15. The van der Waals surface area contributed by atoms with Crippen LogP contribution in [0.5, 0.6) is 5.75 Å². The second-order valence-electron chi connectivity index (χ2n) is 7.14. The Balaban J connectivity index is 1.71. The van der Waals surface area contributed by atoms with E-state index in [1.165, 1.54) is 18.4 Å². The highest BCUT2D eigenvalue weighted by Gasteiger charge is 2.19. The van der Waals surface area contributed by atoms with E-state index < -0.39 is 10.0 Å². The number of ether oxygens (including phenoxy) is 1. The Morgan fingerprint density at radius 1 is 1.04 bits per heavy atom. The highest BCUT2D eigenvalue weighted by Crippen LogP contribution is 2.26. The molecule has 5 nitrogen and oxygen atoms in total. The molecule has 0 saturated carbocycles. The van der Waals surface area contributed by atoms with Gasteiger partial charge in [0.25, 0.3) is 0 Å². The van der Waals surface area contributed by atoms with Gasteiger partial charge in [-0.3, -0.25) is 4.90 Å². The predicted octanol–water partition coefficient (Wildman–Crippen LogP) is 3.39. The van der Waals surface area contributed by atoms with Crippen LogP contribution in [0, 0.1) is 13.8 Å². The maximum absolute atomic E-state index is 12.8. The first-order valence-corrected chi connectivity index (χ1v) is 10.8. The maximum Gasteiger partial charge on any atom is 0.241 e. The normalized spacial score (nSPS) is 15.2. The standard InChI is InChI=1S/C21H28N2O3S/c1-16-17(2)21(10-9-20(16)26-3)27(24,25)22-14-18-7-6-8-19(13-18)15-23-11-4-5-12-23/h6-10,13,22H,4-5,11-12,14-15H2,1-3H3. The Bertz CT molecular complexity index is 904. The zero-order valence-corrected chi connectivity index (χ0v) is 17.1. The molecule has 0 amide bonds. The van der Waals surface area contributed by atoms with Crippen LogP contribution < -0.4 is 9.46 Å². The summed E-state index contributed by atoms with van der Waals surface area (Å²) >= 11 is 0. The van der Waals surface area contributed by atoms with Crippen molar-refractivity contribution in [1.82, 2.24) is 9.62 Å². The summed E-state index contributed by atoms with van der Waals surface area (Å²) in [4.78, 5) is 2.74. The quantitative estimate of drug-likeness (QED) is 0.790. The summed E-state index contributed by atoms with van der Waals surface area (Å²) in [5.74, 6) is 0.695. The summed E-state index contributed by atoms with van der Waals surface area (Å²) < 4.78 is 33.6. The van der Waals surface area contributed by atoms with Crippen molar-refractivity contribution in [1.29, 1.82) is 0 Å². The van der Waals surface area contributed by atoms with Crippen molar-refractivity contribution < 1.29 is 13.2 Å². The molecule has 0 atom stereocenters. The van der Waals surface area contributed by atoms with Crippen molar-refractivity contribution in [3.63, 3.8) is 0 Å². The number of benzene rings is 2. The zero-order chi connectivity index (χ0) is 19.4. The van der Waals surface area contributed by atoms with Gasteiger partial charge in [-0.15, -0.1) is 0 Å². The Kier molecular flexibility index (Phi) is 6.19. The van der Waals surface area contributed by atoms with Crippen LogP contribution >= 0.6 is 0 Å². The lowest BCUT2D eigenvalue weighted by molar-refractivity contribution is 0.331. The van der Waals surface area contributed by atoms with Crippen molar-refractivity contribution in [2.75, 3.05) is 20.2 Å². The van der Waals surface area contributed by atoms with Gasteiger partial charge in [-0.1, -0.05) is 24.3 Å². The largest absolute Gasteiger partial charge is 0.496 e. The fourth-order valence-corrected chi connectivity index (χ4v) is 4.89. The number of methoxy groups -OCH3 is 1. The molecule has 1 saturated heterocycles. The fraction of sp³-hybridized carbons (Fsp3) is 0.429. The third-order valence-corrected chi connectivity index (χ3v) is 6.81. The van der Waals surface area contributed by atoms with Gasteiger partial charge in [0.05, 0.1) is 12.0 Å². The Morgan fingerprint density at radius 2 is 1.74 bits per heavy atom. The summed E-state index contributed by atoms with van der Waals surface area (Å²) in [6, 6.07) is 11.5. The van der Waals surface area contributed by atoms with Crippen LogP contribution in [-0.4, -0.2) is 33.5 Å². The Hall–Kier alpha value is -1.89. The number of nitrogens with zero attached hydrogens (tertiary/aromatic N) is 1. The molecule has 6 heteroatoms. The van der Waals surface area contributed by atoms with Crippen LogP contribution in [0.15, 0.2) is 41.3 Å². The minimum absolute atomic E-state index is 0.278. The van der Waals surface area contributed by atoms with Crippen molar-refractivity contribution >= 4 is 10.0 Å². The van der Waals surface area contributed by atoms with Crippen LogP contribution in [0.25, 0.3) is 0 Å². The van der Waals surface area contributed by atoms with E-state index in [4.69, 9.17) is 4.74 Å². The van der Waals surface area contributed by atoms with Crippen LogP contribution in [0.3, 0.4) is 0 Å². The van der Waals surface area contributed by atoms with E-state index in [2.05, 4.69) is 21.8 Å². The summed E-state index contributed by atoms with van der Waals surface area (Å²) in [6.07, 6.45) is 2.53. The molecule has 1 aliphatic heterocycles. The predicted molar refractivity (Wildman–Crippen MR) is 107 cm³/mol. The molecule has 0 radical (unpaired) electrons. The minimum Gasteiger partial charge on any atom is -0.496 e. The number of likely N-dealkylation sites (tertiary alicyclic amines) is 1. The van der Waals surface area contributed by atoms with E-state index in [1.54, 1.807) is 19.2 Å². The molecule has 1 aliphatic rings. The Labute approximate surface area is 162 Å². The second kappa shape index (κ2) is 8.42. The molecule has 0 bridgehead atoms. The molecular formula is C21H28N2O3S. The summed E-state index contributed by atoms with van der Waals surface area (Å²) in [7, 11) is -2.00. The van der Waals surface area contributed by atoms with Gasteiger partial charge in [0.15, 0.2) is 0 Å². The van der Waals surface area contributed by atoms with E-state index in [-0.39, 0.29) is 6.54 Å². The monoisotopic (exact) mass is 388 g/mol. The molecule has 0 aliphatic carbocycles. The summed E-state index contributed by atoms with van der Waals surface area (Å²) in [5, 5.41) is 0. The van der Waals surface area contributed by atoms with Crippen LogP contribution in [0.1, 0.15) is 35.1 Å². The molecule has 27 heavy (non-hydrogen) atoms. The number of hydrogen-bond donors (Lipinski definition) is 1. The van der Waals surface area contributed by atoms with Crippen molar-refractivity contribution in [3.05, 3.63) is 58.7 Å². The average molecular weight is 389 g/mol. The molecule has 3 rings (SSSR count). The van der Waals surface area contributed by atoms with Gasteiger partial charge in [0, 0.05) is 13.1 Å². The molecule has 0 unspecified atom stereocenters. The van der Waals surface area contributed by atoms with Crippen LogP contribution in [0.2, 0.25) is 0 Å². The first-order valence-electron chi connectivity index (χ1n) is 9.35. The van der Waals surface area contributed by atoms with Gasteiger partial charge in [0.1, 0.15) is 5.75 Å². The molecular weight excluding hydrogens is 360 g/mol. The summed E-state index contributed by atoms with van der Waals surface area (Å²) in [6.45, 7) is 7.18. The van der Waals surface area contributed by atoms with E-state index >= 15 is 0 Å². The SMILES string of the molecule is COc1ccc(S(=O)(=O)NCc2cccc(CN3CCCC3)c2)c(C)c1C. The molecule has 2 aromatic carbocycles. The van der Waals surface area contributed by atoms with E-state index in [0.29, 0.717) is 16.2 Å². The van der Waals surface area contributed by atoms with E-state index in [9.17, 15) is 8.42 Å². The van der Waals surface area contributed by atoms with Gasteiger partial charge >= 0.3 is 0 Å². The number of nitrogens with one attached hydrogen (secondary N) is 1. The molecule has 1 N–H and O–H groups in total. The number of rotatable bonds is 7.